The van der Waals surface area contributed by atoms with Gasteiger partial charge in [-0.15, -0.1) is 0 Å². The lowest BCUT2D eigenvalue weighted by Gasteiger charge is -2.10. The minimum Gasteiger partial charge on any atom is -0.494 e. The first-order valence-corrected chi connectivity index (χ1v) is 8.36. The largest absolute Gasteiger partial charge is 0.494 e. The van der Waals surface area contributed by atoms with E-state index in [0.717, 1.165) is 12.2 Å². The molecule has 1 amide bonds. The van der Waals surface area contributed by atoms with E-state index in [1.54, 1.807) is 48.5 Å². The number of Topliss-reactive ketones (excluding diaryl/α,β-unsaturated/α-hetero) is 1. The summed E-state index contributed by atoms with van der Waals surface area (Å²) in [4.78, 5) is 23.4. The highest BCUT2D eigenvalue weighted by Crippen LogP contribution is 2.13. The summed E-state index contributed by atoms with van der Waals surface area (Å²) in [6, 6.07) is 13.7. The number of nitrogens with one attached hydrogen (secondary N) is 2. The fraction of sp³-hybridized carbons (Fsp3) is 0.211. The van der Waals surface area contributed by atoms with E-state index in [-0.39, 0.29) is 16.8 Å². The van der Waals surface area contributed by atoms with E-state index in [9.17, 15) is 9.59 Å². The number of benzene rings is 2. The van der Waals surface area contributed by atoms with Crippen molar-refractivity contribution in [3.05, 3.63) is 59.7 Å². The number of amides is 1. The number of ether oxygens (including phenoxy) is 1. The number of ketones is 1. The van der Waals surface area contributed by atoms with Crippen LogP contribution in [0.25, 0.3) is 0 Å². The lowest BCUT2D eigenvalue weighted by Crippen LogP contribution is -2.34. The summed E-state index contributed by atoms with van der Waals surface area (Å²) in [6.45, 7) is 4.18. The molecule has 6 heteroatoms. The zero-order valence-corrected chi connectivity index (χ0v) is 15.0. The summed E-state index contributed by atoms with van der Waals surface area (Å²) in [6.07, 6.45) is 0.926. The van der Waals surface area contributed by atoms with Crippen LogP contribution in [0.3, 0.4) is 0 Å². The van der Waals surface area contributed by atoms with Crippen molar-refractivity contribution in [3.8, 4) is 5.75 Å². The Labute approximate surface area is 152 Å². The Hall–Kier alpha value is -2.73. The van der Waals surface area contributed by atoms with Gasteiger partial charge in [0.15, 0.2) is 10.9 Å². The predicted octanol–water partition coefficient (Wildman–Crippen LogP) is 3.80. The fourth-order valence-electron chi connectivity index (χ4n) is 2.05. The quantitative estimate of drug-likeness (QED) is 0.609. The normalized spacial score (nSPS) is 10.0. The molecule has 0 saturated carbocycles. The highest BCUT2D eigenvalue weighted by molar-refractivity contribution is 7.80. The molecule has 2 rings (SSSR count). The van der Waals surface area contributed by atoms with Gasteiger partial charge in [0.1, 0.15) is 5.75 Å². The summed E-state index contributed by atoms with van der Waals surface area (Å²) in [7, 11) is 0. The monoisotopic (exact) mass is 356 g/mol. The molecule has 0 aliphatic rings. The second-order valence-corrected chi connectivity index (χ2v) is 5.82. The third-order valence-corrected chi connectivity index (χ3v) is 3.57. The second kappa shape index (κ2) is 8.94. The first-order valence-electron chi connectivity index (χ1n) is 7.96. The van der Waals surface area contributed by atoms with Crippen molar-refractivity contribution in [2.45, 2.75) is 20.3 Å². The zero-order valence-electron chi connectivity index (χ0n) is 14.2. The van der Waals surface area contributed by atoms with E-state index in [4.69, 9.17) is 17.0 Å². The Morgan fingerprint density at radius 1 is 1.00 bits per heavy atom. The standard InChI is InChI=1S/C19H20N2O3S/c1-3-12-24-17-10-6-15(7-11-17)18(23)21-19(25)20-16-8-4-14(5-9-16)13(2)22/h4-11H,3,12H2,1-2H3,(H2,20,21,23,25). The van der Waals surface area contributed by atoms with Crippen molar-refractivity contribution in [1.29, 1.82) is 0 Å². The molecule has 0 bridgehead atoms. The number of carbonyl (C=O) groups excluding carboxylic acids is 2. The van der Waals surface area contributed by atoms with Crippen LogP contribution in [0.1, 0.15) is 41.0 Å². The van der Waals surface area contributed by atoms with Crippen molar-refractivity contribution in [2.75, 3.05) is 11.9 Å². The minimum atomic E-state index is -0.306. The van der Waals surface area contributed by atoms with Crippen LogP contribution >= 0.6 is 12.2 Å². The van der Waals surface area contributed by atoms with Crippen molar-refractivity contribution >= 4 is 34.7 Å². The molecule has 2 aromatic rings. The Bertz CT molecular complexity index is 755. The summed E-state index contributed by atoms with van der Waals surface area (Å²) >= 11 is 5.15. The average molecular weight is 356 g/mol. The van der Waals surface area contributed by atoms with E-state index in [1.165, 1.54) is 6.92 Å². The van der Waals surface area contributed by atoms with E-state index >= 15 is 0 Å². The first-order chi connectivity index (χ1) is 12.0. The van der Waals surface area contributed by atoms with Crippen LogP contribution < -0.4 is 15.4 Å². The van der Waals surface area contributed by atoms with Crippen molar-refractivity contribution < 1.29 is 14.3 Å². The molecule has 0 saturated heterocycles. The molecule has 2 N–H and O–H groups in total. The Morgan fingerprint density at radius 2 is 1.60 bits per heavy atom. The fourth-order valence-corrected chi connectivity index (χ4v) is 2.26. The van der Waals surface area contributed by atoms with Crippen LogP contribution in [0.2, 0.25) is 0 Å². The maximum atomic E-state index is 12.2. The third-order valence-electron chi connectivity index (χ3n) is 3.37. The number of rotatable bonds is 6. The topological polar surface area (TPSA) is 67.4 Å². The SMILES string of the molecule is CCCOc1ccc(C(=O)NC(=S)Nc2ccc(C(C)=O)cc2)cc1. The maximum Gasteiger partial charge on any atom is 0.257 e. The molecule has 0 spiro atoms. The molecular formula is C19H20N2O3S. The highest BCUT2D eigenvalue weighted by Gasteiger charge is 2.08. The van der Waals surface area contributed by atoms with Crippen molar-refractivity contribution in [1.82, 2.24) is 5.32 Å². The van der Waals surface area contributed by atoms with Crippen LogP contribution in [0.15, 0.2) is 48.5 Å². The van der Waals surface area contributed by atoms with Gasteiger partial charge >= 0.3 is 0 Å². The number of hydrogen-bond acceptors (Lipinski definition) is 4. The van der Waals surface area contributed by atoms with Gasteiger partial charge in [0, 0.05) is 16.8 Å². The molecular weight excluding hydrogens is 336 g/mol. The van der Waals surface area contributed by atoms with Gasteiger partial charge in [-0.05, 0) is 74.1 Å². The van der Waals surface area contributed by atoms with Crippen LogP contribution in [0.4, 0.5) is 5.69 Å². The molecule has 5 nitrogen and oxygen atoms in total. The Balaban J connectivity index is 1.91. The summed E-state index contributed by atoms with van der Waals surface area (Å²) < 4.78 is 5.48. The lowest BCUT2D eigenvalue weighted by molar-refractivity contribution is 0.0976. The maximum absolute atomic E-state index is 12.2. The van der Waals surface area contributed by atoms with Crippen LogP contribution in [0, 0.1) is 0 Å². The van der Waals surface area contributed by atoms with Crippen LogP contribution in [0.5, 0.6) is 5.75 Å². The molecule has 0 aliphatic carbocycles. The van der Waals surface area contributed by atoms with Crippen LogP contribution in [-0.2, 0) is 0 Å². The van der Waals surface area contributed by atoms with Gasteiger partial charge in [0.2, 0.25) is 0 Å². The number of hydrogen-bond donors (Lipinski definition) is 2. The van der Waals surface area contributed by atoms with Gasteiger partial charge < -0.3 is 10.1 Å². The minimum absolute atomic E-state index is 0.00575. The van der Waals surface area contributed by atoms with Crippen LogP contribution in [-0.4, -0.2) is 23.4 Å². The summed E-state index contributed by atoms with van der Waals surface area (Å²) in [5.41, 5.74) is 1.80. The second-order valence-electron chi connectivity index (χ2n) is 5.41. The Kier molecular flexibility index (Phi) is 6.65. The van der Waals surface area contributed by atoms with E-state index in [1.807, 2.05) is 6.92 Å². The van der Waals surface area contributed by atoms with E-state index in [0.29, 0.717) is 23.4 Å². The molecule has 0 fully saturated rings. The summed E-state index contributed by atoms with van der Waals surface area (Å²) in [5.74, 6) is 0.415. The zero-order chi connectivity index (χ0) is 18.2. The molecule has 2 aromatic carbocycles. The molecule has 25 heavy (non-hydrogen) atoms. The van der Waals surface area contributed by atoms with Crippen molar-refractivity contribution in [3.63, 3.8) is 0 Å². The lowest BCUT2D eigenvalue weighted by atomic mass is 10.1. The van der Waals surface area contributed by atoms with Gasteiger partial charge in [-0.25, -0.2) is 0 Å². The molecule has 0 aliphatic heterocycles. The average Bonchev–Trinajstić information content (AvgIpc) is 2.60. The van der Waals surface area contributed by atoms with Gasteiger partial charge in [-0.1, -0.05) is 6.92 Å². The van der Waals surface area contributed by atoms with E-state index in [2.05, 4.69) is 10.6 Å². The molecule has 0 aromatic heterocycles. The van der Waals surface area contributed by atoms with Gasteiger partial charge in [0.25, 0.3) is 5.91 Å². The molecule has 130 valence electrons. The number of carbonyl (C=O) groups is 2. The molecule has 0 radical (unpaired) electrons. The number of anilines is 1. The van der Waals surface area contributed by atoms with Gasteiger partial charge in [-0.2, -0.15) is 0 Å². The third kappa shape index (κ3) is 5.69. The molecule has 0 atom stereocenters. The van der Waals surface area contributed by atoms with Gasteiger partial charge in [-0.3, -0.25) is 14.9 Å². The highest BCUT2D eigenvalue weighted by atomic mass is 32.1. The summed E-state index contributed by atoms with van der Waals surface area (Å²) in [5, 5.41) is 5.72. The first kappa shape index (κ1) is 18.6. The molecule has 0 unspecified atom stereocenters. The van der Waals surface area contributed by atoms with E-state index < -0.39 is 0 Å². The predicted molar refractivity (Wildman–Crippen MR) is 102 cm³/mol. The molecule has 0 heterocycles. The number of thiocarbonyl (C=S) groups is 1. The van der Waals surface area contributed by atoms with Crippen molar-refractivity contribution in [2.24, 2.45) is 0 Å². The smallest absolute Gasteiger partial charge is 0.257 e. The van der Waals surface area contributed by atoms with Gasteiger partial charge in [0.05, 0.1) is 6.61 Å². The Morgan fingerprint density at radius 3 is 2.16 bits per heavy atom.